The number of sulfonamides is 1. The highest BCUT2D eigenvalue weighted by Gasteiger charge is 2.27. The summed E-state index contributed by atoms with van der Waals surface area (Å²) in [5, 5.41) is 10.9. The second-order valence-electron chi connectivity index (χ2n) is 5.79. The van der Waals surface area contributed by atoms with Gasteiger partial charge in [-0.25, -0.2) is 13.1 Å². The van der Waals surface area contributed by atoms with Crippen molar-refractivity contribution < 1.29 is 13.3 Å². The van der Waals surface area contributed by atoms with Gasteiger partial charge in [-0.15, -0.1) is 0 Å². The van der Waals surface area contributed by atoms with E-state index in [1.165, 1.54) is 12.1 Å². The summed E-state index contributed by atoms with van der Waals surface area (Å²) in [5.74, 6) is 5.17. The highest BCUT2D eigenvalue weighted by Crippen LogP contribution is 2.27. The van der Waals surface area contributed by atoms with Gasteiger partial charge in [0.2, 0.25) is 10.0 Å². The highest BCUT2D eigenvalue weighted by atomic mass is 32.2. The molecule has 0 amide bonds. The van der Waals surface area contributed by atoms with Crippen molar-refractivity contribution in [1.82, 2.24) is 4.72 Å². The van der Waals surface area contributed by atoms with Crippen molar-refractivity contribution in [3.8, 4) is 0 Å². The van der Waals surface area contributed by atoms with Crippen molar-refractivity contribution in [3.63, 3.8) is 0 Å². The summed E-state index contributed by atoms with van der Waals surface area (Å²) in [6, 6.07) is 3.16. The van der Waals surface area contributed by atoms with Gasteiger partial charge in [-0.05, 0) is 24.5 Å². The van der Waals surface area contributed by atoms with Gasteiger partial charge in [-0.2, -0.15) is 0 Å². The number of anilines is 1. The lowest BCUT2D eigenvalue weighted by atomic mass is 9.89. The summed E-state index contributed by atoms with van der Waals surface area (Å²) in [6.07, 6.45) is 0. The molecule has 1 aromatic rings. The molecule has 8 nitrogen and oxygen atoms in total. The minimum Gasteiger partial charge on any atom is -0.318 e. The van der Waals surface area contributed by atoms with Gasteiger partial charge in [-0.1, -0.05) is 20.8 Å². The first kappa shape index (κ1) is 17.3. The Morgan fingerprint density at radius 2 is 1.90 bits per heavy atom. The summed E-state index contributed by atoms with van der Waals surface area (Å²) in [7, 11) is -3.85. The predicted octanol–water partition coefficient (Wildman–Crippen LogP) is 1.59. The Balaban J connectivity index is 3.21. The molecule has 0 aliphatic rings. The molecule has 0 bridgehead atoms. The van der Waals surface area contributed by atoms with Crippen LogP contribution < -0.4 is 16.0 Å². The van der Waals surface area contributed by atoms with Crippen LogP contribution in [0.3, 0.4) is 0 Å². The van der Waals surface area contributed by atoms with Gasteiger partial charge >= 0.3 is 0 Å². The molecule has 0 heterocycles. The van der Waals surface area contributed by atoms with Gasteiger partial charge in [0, 0.05) is 12.1 Å². The normalized spacial score (nSPS) is 13.8. The molecule has 21 heavy (non-hydrogen) atoms. The number of nitro benzene ring substituents is 1. The summed E-state index contributed by atoms with van der Waals surface area (Å²) in [6.45, 7) is 7.42. The summed E-state index contributed by atoms with van der Waals surface area (Å²) < 4.78 is 27.1. The maximum absolute atomic E-state index is 12.3. The monoisotopic (exact) mass is 316 g/mol. The van der Waals surface area contributed by atoms with E-state index in [-0.39, 0.29) is 22.0 Å². The Morgan fingerprint density at radius 1 is 1.33 bits per heavy atom. The summed E-state index contributed by atoms with van der Waals surface area (Å²) in [4.78, 5) is 10.1. The molecule has 0 aliphatic carbocycles. The topological polar surface area (TPSA) is 127 Å². The molecule has 0 saturated carbocycles. The Morgan fingerprint density at radius 3 is 2.33 bits per heavy atom. The van der Waals surface area contributed by atoms with Crippen LogP contribution in [0.1, 0.15) is 27.7 Å². The third kappa shape index (κ3) is 4.13. The van der Waals surface area contributed by atoms with Gasteiger partial charge < -0.3 is 5.43 Å². The highest BCUT2D eigenvalue weighted by molar-refractivity contribution is 7.89. The van der Waals surface area contributed by atoms with E-state index in [1.54, 1.807) is 6.92 Å². The number of rotatable bonds is 5. The summed E-state index contributed by atoms with van der Waals surface area (Å²) >= 11 is 0. The van der Waals surface area contributed by atoms with E-state index in [2.05, 4.69) is 10.1 Å². The quantitative estimate of drug-likeness (QED) is 0.430. The predicted molar refractivity (Wildman–Crippen MR) is 80.1 cm³/mol. The number of benzene rings is 1. The van der Waals surface area contributed by atoms with Gasteiger partial charge in [0.15, 0.2) is 0 Å². The number of nitrogens with two attached hydrogens (primary N) is 1. The fourth-order valence-corrected chi connectivity index (χ4v) is 2.90. The van der Waals surface area contributed by atoms with Crippen molar-refractivity contribution in [2.45, 2.75) is 38.6 Å². The zero-order valence-corrected chi connectivity index (χ0v) is 13.2. The molecular weight excluding hydrogens is 296 g/mol. The molecule has 0 saturated heterocycles. The number of hydrazine groups is 1. The molecule has 0 spiro atoms. The SMILES string of the molecule is CC(NS(=O)(=O)c1ccc(NN)c([N+](=O)[O-])c1)C(C)(C)C. The number of nitrogens with one attached hydrogen (secondary N) is 2. The molecule has 1 atom stereocenters. The van der Waals surface area contributed by atoms with Crippen molar-refractivity contribution in [3.05, 3.63) is 28.3 Å². The zero-order valence-electron chi connectivity index (χ0n) is 12.4. The summed E-state index contributed by atoms with van der Waals surface area (Å²) in [5.41, 5.74) is 1.53. The van der Waals surface area contributed by atoms with Crippen molar-refractivity contribution in [1.29, 1.82) is 0 Å². The van der Waals surface area contributed by atoms with Crippen molar-refractivity contribution >= 4 is 21.4 Å². The van der Waals surface area contributed by atoms with Crippen LogP contribution in [0.4, 0.5) is 11.4 Å². The van der Waals surface area contributed by atoms with E-state index in [1.807, 2.05) is 20.8 Å². The van der Waals surface area contributed by atoms with Crippen LogP contribution in [0.15, 0.2) is 23.1 Å². The third-order valence-electron chi connectivity index (χ3n) is 3.26. The maximum atomic E-state index is 12.3. The first-order valence-corrected chi connectivity index (χ1v) is 7.74. The number of hydrogen-bond acceptors (Lipinski definition) is 6. The average molecular weight is 316 g/mol. The number of nitrogens with zero attached hydrogens (tertiary/aromatic N) is 1. The van der Waals surface area contributed by atoms with E-state index >= 15 is 0 Å². The Kier molecular flexibility index (Phi) is 4.92. The molecule has 0 radical (unpaired) electrons. The van der Waals surface area contributed by atoms with E-state index < -0.39 is 20.6 Å². The van der Waals surface area contributed by atoms with E-state index in [0.29, 0.717) is 0 Å². The molecule has 0 aliphatic heterocycles. The number of nitrogen functional groups attached to an aromatic ring is 1. The molecule has 0 fully saturated rings. The van der Waals surface area contributed by atoms with Gasteiger partial charge in [0.05, 0.1) is 9.82 Å². The largest absolute Gasteiger partial charge is 0.318 e. The van der Waals surface area contributed by atoms with Crippen LogP contribution >= 0.6 is 0 Å². The molecule has 9 heteroatoms. The Hall–Kier alpha value is -1.71. The lowest BCUT2D eigenvalue weighted by molar-refractivity contribution is -0.384. The van der Waals surface area contributed by atoms with E-state index in [0.717, 1.165) is 6.07 Å². The Labute approximate surface area is 123 Å². The fourth-order valence-electron chi connectivity index (χ4n) is 1.43. The lowest BCUT2D eigenvalue weighted by Crippen LogP contribution is -2.41. The molecular formula is C12H20N4O4S. The molecule has 118 valence electrons. The van der Waals surface area contributed by atoms with Crippen molar-refractivity contribution in [2.24, 2.45) is 11.3 Å². The maximum Gasteiger partial charge on any atom is 0.294 e. The van der Waals surface area contributed by atoms with Crippen molar-refractivity contribution in [2.75, 3.05) is 5.43 Å². The molecule has 1 aromatic carbocycles. The van der Waals surface area contributed by atoms with Crippen LogP contribution in [0, 0.1) is 15.5 Å². The van der Waals surface area contributed by atoms with Crippen LogP contribution in [-0.2, 0) is 10.0 Å². The second kappa shape index (κ2) is 5.96. The third-order valence-corrected chi connectivity index (χ3v) is 4.80. The molecule has 1 rings (SSSR count). The van der Waals surface area contributed by atoms with Crippen LogP contribution in [-0.4, -0.2) is 19.4 Å². The number of hydrogen-bond donors (Lipinski definition) is 3. The zero-order chi connectivity index (χ0) is 16.4. The molecule has 1 unspecified atom stereocenters. The van der Waals surface area contributed by atoms with Crippen LogP contribution in [0.2, 0.25) is 0 Å². The van der Waals surface area contributed by atoms with Gasteiger partial charge in [-0.3, -0.25) is 16.0 Å². The average Bonchev–Trinajstić information content (AvgIpc) is 2.36. The second-order valence-corrected chi connectivity index (χ2v) is 7.50. The van der Waals surface area contributed by atoms with Gasteiger partial charge in [0.25, 0.3) is 5.69 Å². The molecule has 0 aromatic heterocycles. The van der Waals surface area contributed by atoms with E-state index in [4.69, 9.17) is 5.84 Å². The fraction of sp³-hybridized carbons (Fsp3) is 0.500. The van der Waals surface area contributed by atoms with Crippen LogP contribution in [0.5, 0.6) is 0 Å². The smallest absolute Gasteiger partial charge is 0.294 e. The first-order chi connectivity index (χ1) is 9.49. The molecule has 4 N–H and O–H groups in total. The minimum atomic E-state index is -3.85. The Bertz CT molecular complexity index is 637. The van der Waals surface area contributed by atoms with Crippen LogP contribution in [0.25, 0.3) is 0 Å². The lowest BCUT2D eigenvalue weighted by Gasteiger charge is -2.27. The first-order valence-electron chi connectivity index (χ1n) is 6.26. The minimum absolute atomic E-state index is 0.0443. The van der Waals surface area contributed by atoms with Gasteiger partial charge in [0.1, 0.15) is 5.69 Å². The van der Waals surface area contributed by atoms with E-state index in [9.17, 15) is 18.5 Å². The standard InChI is InChI=1S/C12H20N4O4S/c1-8(12(2,3)4)15-21(19,20)9-5-6-10(14-13)11(7-9)16(17)18/h5-8,14-15H,13H2,1-4H3. The number of nitro groups is 1.